The number of nitrogens with one attached hydrogen (secondary N) is 1. The average Bonchev–Trinajstić information content (AvgIpc) is 2.49. The zero-order valence-electron chi connectivity index (χ0n) is 7.34. The SMILES string of the molecule is CC1(NCc2nccs2)CCC1. The van der Waals surface area contributed by atoms with E-state index >= 15 is 0 Å². The molecule has 66 valence electrons. The highest BCUT2D eigenvalue weighted by molar-refractivity contribution is 7.09. The molecule has 0 unspecified atom stereocenters. The lowest BCUT2D eigenvalue weighted by Gasteiger charge is -2.39. The van der Waals surface area contributed by atoms with E-state index in [0.29, 0.717) is 5.54 Å². The van der Waals surface area contributed by atoms with Gasteiger partial charge in [0.1, 0.15) is 5.01 Å². The summed E-state index contributed by atoms with van der Waals surface area (Å²) in [7, 11) is 0. The molecule has 1 aliphatic carbocycles. The number of thiazole rings is 1. The number of rotatable bonds is 3. The van der Waals surface area contributed by atoms with Crippen molar-refractivity contribution in [3.8, 4) is 0 Å². The van der Waals surface area contributed by atoms with Crippen LogP contribution in [0.25, 0.3) is 0 Å². The van der Waals surface area contributed by atoms with Gasteiger partial charge in [0.15, 0.2) is 0 Å². The van der Waals surface area contributed by atoms with Crippen molar-refractivity contribution < 1.29 is 0 Å². The third kappa shape index (κ3) is 1.67. The predicted molar refractivity (Wildman–Crippen MR) is 51.2 cm³/mol. The minimum atomic E-state index is 0.408. The third-order valence-electron chi connectivity index (χ3n) is 2.61. The van der Waals surface area contributed by atoms with Crippen LogP contribution in [-0.4, -0.2) is 10.5 Å². The monoisotopic (exact) mass is 182 g/mol. The Morgan fingerprint density at radius 2 is 2.50 bits per heavy atom. The maximum atomic E-state index is 4.23. The van der Waals surface area contributed by atoms with Crippen molar-refractivity contribution in [1.82, 2.24) is 10.3 Å². The first-order valence-corrected chi connectivity index (χ1v) is 5.30. The van der Waals surface area contributed by atoms with Gasteiger partial charge in [0.05, 0.1) is 0 Å². The Hall–Kier alpha value is -0.410. The third-order valence-corrected chi connectivity index (χ3v) is 3.39. The van der Waals surface area contributed by atoms with Crippen molar-refractivity contribution in [2.45, 2.75) is 38.3 Å². The standard InChI is InChI=1S/C9H14N2S/c1-9(3-2-4-9)11-7-8-10-5-6-12-8/h5-6,11H,2-4,7H2,1H3. The molecule has 0 amide bonds. The van der Waals surface area contributed by atoms with Gasteiger partial charge >= 0.3 is 0 Å². The van der Waals surface area contributed by atoms with Gasteiger partial charge in [-0.25, -0.2) is 4.98 Å². The molecule has 0 aromatic carbocycles. The molecule has 2 nitrogen and oxygen atoms in total. The van der Waals surface area contributed by atoms with Crippen molar-refractivity contribution in [2.75, 3.05) is 0 Å². The summed E-state index contributed by atoms with van der Waals surface area (Å²) in [6.07, 6.45) is 5.88. The van der Waals surface area contributed by atoms with E-state index in [2.05, 4.69) is 17.2 Å². The van der Waals surface area contributed by atoms with E-state index < -0.39 is 0 Å². The maximum absolute atomic E-state index is 4.23. The Bertz CT molecular complexity index is 239. The van der Waals surface area contributed by atoms with Crippen molar-refractivity contribution in [3.63, 3.8) is 0 Å². The van der Waals surface area contributed by atoms with Gasteiger partial charge in [-0.1, -0.05) is 0 Å². The van der Waals surface area contributed by atoms with Crippen molar-refractivity contribution in [3.05, 3.63) is 16.6 Å². The number of nitrogens with zero attached hydrogens (tertiary/aromatic N) is 1. The second kappa shape index (κ2) is 3.15. The fourth-order valence-corrected chi connectivity index (χ4v) is 2.07. The fraction of sp³-hybridized carbons (Fsp3) is 0.667. The maximum Gasteiger partial charge on any atom is 0.106 e. The highest BCUT2D eigenvalue weighted by Gasteiger charge is 2.30. The van der Waals surface area contributed by atoms with E-state index in [1.807, 2.05) is 11.6 Å². The molecule has 0 saturated heterocycles. The molecule has 1 saturated carbocycles. The minimum absolute atomic E-state index is 0.408. The van der Waals surface area contributed by atoms with E-state index in [4.69, 9.17) is 0 Å². The van der Waals surface area contributed by atoms with Gasteiger partial charge in [-0.2, -0.15) is 0 Å². The Kier molecular flexibility index (Phi) is 2.15. The van der Waals surface area contributed by atoms with E-state index in [9.17, 15) is 0 Å². The summed E-state index contributed by atoms with van der Waals surface area (Å²) >= 11 is 1.72. The summed E-state index contributed by atoms with van der Waals surface area (Å²) in [6.45, 7) is 3.23. The Labute approximate surface area is 77.0 Å². The molecule has 1 aromatic heterocycles. The van der Waals surface area contributed by atoms with Crippen LogP contribution in [0.4, 0.5) is 0 Å². The van der Waals surface area contributed by atoms with Crippen LogP contribution in [0.15, 0.2) is 11.6 Å². The normalized spacial score (nSPS) is 20.4. The summed E-state index contributed by atoms with van der Waals surface area (Å²) in [6, 6.07) is 0. The van der Waals surface area contributed by atoms with Gasteiger partial charge in [0.2, 0.25) is 0 Å². The van der Waals surface area contributed by atoms with Crippen molar-refractivity contribution in [1.29, 1.82) is 0 Å². The molecule has 0 aliphatic heterocycles. The minimum Gasteiger partial charge on any atom is -0.305 e. The molecule has 1 aliphatic rings. The largest absolute Gasteiger partial charge is 0.305 e. The lowest BCUT2D eigenvalue weighted by molar-refractivity contribution is 0.207. The summed E-state index contributed by atoms with van der Waals surface area (Å²) in [5, 5.41) is 6.77. The molecule has 0 atom stereocenters. The molecule has 1 aromatic rings. The number of aromatic nitrogens is 1. The molecule has 1 N–H and O–H groups in total. The summed E-state index contributed by atoms with van der Waals surface area (Å²) in [4.78, 5) is 4.23. The van der Waals surface area contributed by atoms with Crippen LogP contribution in [0.3, 0.4) is 0 Å². The second-order valence-electron chi connectivity index (χ2n) is 3.69. The average molecular weight is 182 g/mol. The van der Waals surface area contributed by atoms with Gasteiger partial charge in [-0.3, -0.25) is 0 Å². The first-order chi connectivity index (χ1) is 5.79. The van der Waals surface area contributed by atoms with E-state index in [1.54, 1.807) is 11.3 Å². The number of hydrogen-bond donors (Lipinski definition) is 1. The Morgan fingerprint density at radius 1 is 1.67 bits per heavy atom. The van der Waals surface area contributed by atoms with Gasteiger partial charge in [-0.15, -0.1) is 11.3 Å². The van der Waals surface area contributed by atoms with E-state index in [-0.39, 0.29) is 0 Å². The van der Waals surface area contributed by atoms with Crippen LogP contribution in [0.2, 0.25) is 0 Å². The molecule has 3 heteroatoms. The predicted octanol–water partition coefficient (Wildman–Crippen LogP) is 2.18. The van der Waals surface area contributed by atoms with Gasteiger partial charge in [0.25, 0.3) is 0 Å². The van der Waals surface area contributed by atoms with Crippen molar-refractivity contribution >= 4 is 11.3 Å². The van der Waals surface area contributed by atoms with Gasteiger partial charge < -0.3 is 5.32 Å². The van der Waals surface area contributed by atoms with Gasteiger partial charge in [-0.05, 0) is 26.2 Å². The molecular formula is C9H14N2S. The highest BCUT2D eigenvalue weighted by Crippen LogP contribution is 2.31. The quantitative estimate of drug-likeness (QED) is 0.775. The first kappa shape index (κ1) is 8.20. The molecule has 12 heavy (non-hydrogen) atoms. The summed E-state index contributed by atoms with van der Waals surface area (Å²) in [5.41, 5.74) is 0.408. The molecular weight excluding hydrogens is 168 g/mol. The smallest absolute Gasteiger partial charge is 0.106 e. The Balaban J connectivity index is 1.82. The molecule has 0 bridgehead atoms. The van der Waals surface area contributed by atoms with Crippen molar-refractivity contribution in [2.24, 2.45) is 0 Å². The fourth-order valence-electron chi connectivity index (χ4n) is 1.51. The molecule has 0 spiro atoms. The Morgan fingerprint density at radius 3 is 3.00 bits per heavy atom. The van der Waals surface area contributed by atoms with Crippen LogP contribution in [0.5, 0.6) is 0 Å². The summed E-state index contributed by atoms with van der Waals surface area (Å²) < 4.78 is 0. The van der Waals surface area contributed by atoms with Crippen LogP contribution in [0, 0.1) is 0 Å². The zero-order valence-corrected chi connectivity index (χ0v) is 8.16. The molecule has 0 radical (unpaired) electrons. The second-order valence-corrected chi connectivity index (χ2v) is 4.67. The lowest BCUT2D eigenvalue weighted by atomic mass is 9.78. The zero-order chi connectivity index (χ0) is 8.44. The molecule has 1 fully saturated rings. The first-order valence-electron chi connectivity index (χ1n) is 4.42. The van der Waals surface area contributed by atoms with Gasteiger partial charge in [0, 0.05) is 23.7 Å². The highest BCUT2D eigenvalue weighted by atomic mass is 32.1. The topological polar surface area (TPSA) is 24.9 Å². The lowest BCUT2D eigenvalue weighted by Crippen LogP contribution is -2.47. The van der Waals surface area contributed by atoms with E-state index in [0.717, 1.165) is 6.54 Å². The number of hydrogen-bond acceptors (Lipinski definition) is 3. The van der Waals surface area contributed by atoms with Crippen LogP contribution >= 0.6 is 11.3 Å². The molecule has 1 heterocycles. The van der Waals surface area contributed by atoms with Crippen LogP contribution < -0.4 is 5.32 Å². The van der Waals surface area contributed by atoms with E-state index in [1.165, 1.54) is 24.3 Å². The molecule has 2 rings (SSSR count). The summed E-state index contributed by atoms with van der Waals surface area (Å²) in [5.74, 6) is 0. The van der Waals surface area contributed by atoms with Crippen LogP contribution in [0.1, 0.15) is 31.2 Å². The van der Waals surface area contributed by atoms with Crippen LogP contribution in [-0.2, 0) is 6.54 Å².